The molecule has 0 aromatic rings. The Morgan fingerprint density at radius 1 is 1.82 bits per heavy atom. The van der Waals surface area contributed by atoms with Crippen LogP contribution in [0.25, 0.3) is 0 Å². The lowest BCUT2D eigenvalue weighted by Gasteiger charge is -2.07. The number of nitrogens with one attached hydrogen (secondary N) is 2. The third-order valence-corrected chi connectivity index (χ3v) is 1.62. The number of carbonyl (C=O) groups excluding carboxylic acids is 1. The second-order valence-electron chi connectivity index (χ2n) is 1.94. The molecule has 0 radical (unpaired) electrons. The number of hydrogen-bond acceptors (Lipinski definition) is 4. The minimum absolute atomic E-state index is 0.130. The van der Waals surface area contributed by atoms with Gasteiger partial charge >= 0.3 is 0 Å². The van der Waals surface area contributed by atoms with E-state index in [1.807, 2.05) is 0 Å². The van der Waals surface area contributed by atoms with Crippen LogP contribution in [0.4, 0.5) is 0 Å². The Morgan fingerprint density at radius 3 is 3.00 bits per heavy atom. The molecule has 0 bridgehead atoms. The molecule has 0 heterocycles. The molecule has 0 aromatic heterocycles. The molecule has 1 atom stereocenters. The van der Waals surface area contributed by atoms with Crippen molar-refractivity contribution in [3.63, 3.8) is 0 Å². The van der Waals surface area contributed by atoms with E-state index in [0.29, 0.717) is 13.0 Å². The molecule has 0 aromatic carbocycles. The summed E-state index contributed by atoms with van der Waals surface area (Å²) in [7, 11) is 3.22. The zero-order valence-corrected chi connectivity index (χ0v) is 7.53. The van der Waals surface area contributed by atoms with Crippen LogP contribution in [0.3, 0.4) is 0 Å². The maximum atomic E-state index is 11.0. The number of carbonyl (C=O) groups is 1. The first-order valence-corrected chi connectivity index (χ1v) is 3.85. The van der Waals surface area contributed by atoms with Crippen molar-refractivity contribution in [2.24, 2.45) is 0 Å². The van der Waals surface area contributed by atoms with Crippen LogP contribution in [-0.2, 0) is 9.63 Å². The quantitative estimate of drug-likeness (QED) is 0.295. The lowest BCUT2D eigenvalue weighted by molar-refractivity contribution is -0.120. The Balaban J connectivity index is 3.60. The van der Waals surface area contributed by atoms with Crippen molar-refractivity contribution < 1.29 is 9.63 Å². The molecular formula is C6H14N2O2S. The molecule has 5 heteroatoms. The van der Waals surface area contributed by atoms with Gasteiger partial charge in [-0.05, 0) is 6.42 Å². The number of amides is 1. The lowest BCUT2D eigenvalue weighted by atomic mass is 10.3. The zero-order valence-electron chi connectivity index (χ0n) is 7.72. The van der Waals surface area contributed by atoms with Crippen LogP contribution in [0, 0.1) is 0 Å². The van der Waals surface area contributed by atoms with E-state index >= 15 is 0 Å². The molecule has 0 rings (SSSR count). The van der Waals surface area contributed by atoms with Gasteiger partial charge in [0.05, 0.1) is 11.9 Å². The average molecular weight is 180 g/mol. The largest absolute Gasteiger partial charge is 0.358 e. The van der Waals surface area contributed by atoms with Crippen LogP contribution in [0.2, 0.25) is 0 Å². The normalized spacial score (nSPS) is 13.8. The van der Waals surface area contributed by atoms with E-state index in [4.69, 9.17) is 5.96 Å². The Morgan fingerprint density at radius 2 is 2.55 bits per heavy atom. The van der Waals surface area contributed by atoms with Gasteiger partial charge in [-0.15, -0.1) is 0 Å². The summed E-state index contributed by atoms with van der Waals surface area (Å²) in [5, 5.41) is 2.14. The average Bonchev–Trinajstić information content (AvgIpc) is 2.11. The van der Waals surface area contributed by atoms with Crippen LogP contribution >= 0.6 is 12.5 Å². The predicted octanol–water partition coefficient (Wildman–Crippen LogP) is -0.428. The third-order valence-electron chi connectivity index (χ3n) is 1.17. The Kier molecular flexibility index (Phi) is 5.18. The molecule has 66 valence electrons. The fourth-order valence-corrected chi connectivity index (χ4v) is 0.774. The lowest BCUT2D eigenvalue weighted by Crippen LogP contribution is -2.29. The summed E-state index contributed by atoms with van der Waals surface area (Å²) in [5.41, 5.74) is 2.50. The van der Waals surface area contributed by atoms with Crippen molar-refractivity contribution in [1.82, 2.24) is 10.8 Å². The van der Waals surface area contributed by atoms with E-state index < -0.39 is 0 Å². The zero-order chi connectivity index (χ0) is 9.40. The summed E-state index contributed by atoms with van der Waals surface area (Å²) in [4.78, 5) is 15.8. The summed E-state index contributed by atoms with van der Waals surface area (Å²) >= 11 is 0.783. The topological polar surface area (TPSA) is 50.4 Å². The molecule has 0 fully saturated rings. The maximum absolute atomic E-state index is 11.0. The summed E-state index contributed by atoms with van der Waals surface area (Å²) in [6, 6.07) is 0. The highest BCUT2D eigenvalue weighted by molar-refractivity contribution is 7.81. The van der Waals surface area contributed by atoms with Gasteiger partial charge in [0, 0.05) is 14.1 Å². The maximum Gasteiger partial charge on any atom is 0.232 e. The Hall–Kier alpha value is -0.260. The molecule has 0 spiro atoms. The summed E-state index contributed by atoms with van der Waals surface area (Å²) in [5.74, 6) is -0.130. The fraction of sp³-hybridized carbons (Fsp3) is 0.833. The fourth-order valence-electron chi connectivity index (χ4n) is 0.560. The Bertz CT molecular complexity index is 137. The summed E-state index contributed by atoms with van der Waals surface area (Å²) in [6.07, 6.45) is 0.536. The standard InChI is InChI=1S/C6H14N2O2S/c1-7-6(9)5(11)3-4-10-8-2/h5,8,11H,3-4H2,1-2H3,(H,7,9)/i/hT. The second-order valence-corrected chi connectivity index (χ2v) is 2.51. The third kappa shape index (κ3) is 5.06. The van der Waals surface area contributed by atoms with E-state index in [0.717, 1.165) is 12.5 Å². The second kappa shape index (κ2) is 6.45. The van der Waals surface area contributed by atoms with Gasteiger partial charge in [-0.2, -0.15) is 12.5 Å². The van der Waals surface area contributed by atoms with Crippen molar-refractivity contribution in [1.29, 1.82) is 1.12 Å². The number of rotatable bonds is 6. The number of thiol groups is 1. The molecule has 0 aliphatic heterocycles. The van der Waals surface area contributed by atoms with Crippen LogP contribution < -0.4 is 10.8 Å². The Labute approximate surface area is 73.1 Å². The minimum Gasteiger partial charge on any atom is -0.358 e. The van der Waals surface area contributed by atoms with Gasteiger partial charge in [0.2, 0.25) is 5.91 Å². The molecule has 1 amide bonds. The molecule has 11 heavy (non-hydrogen) atoms. The van der Waals surface area contributed by atoms with Gasteiger partial charge in [0.25, 0.3) is 0 Å². The van der Waals surface area contributed by atoms with Crippen molar-refractivity contribution in [2.45, 2.75) is 11.7 Å². The van der Waals surface area contributed by atoms with Gasteiger partial charge in [-0.25, -0.2) is 5.48 Å². The first-order valence-electron chi connectivity index (χ1n) is 3.79. The van der Waals surface area contributed by atoms with E-state index in [1.54, 1.807) is 14.1 Å². The minimum atomic E-state index is -0.344. The van der Waals surface area contributed by atoms with Gasteiger partial charge in [0.1, 0.15) is 1.12 Å². The first-order chi connectivity index (χ1) is 5.76. The van der Waals surface area contributed by atoms with Gasteiger partial charge in [0.15, 0.2) is 0 Å². The van der Waals surface area contributed by atoms with E-state index in [-0.39, 0.29) is 11.2 Å². The highest BCUT2D eigenvalue weighted by atomic mass is 32.1. The molecule has 0 aliphatic rings. The molecule has 1 unspecified atom stereocenters. The highest BCUT2D eigenvalue weighted by Gasteiger charge is 2.10. The SMILES string of the molecule is [3H]SC(CCONC)C(=O)NC. The van der Waals surface area contributed by atoms with E-state index in [9.17, 15) is 4.79 Å². The van der Waals surface area contributed by atoms with Crippen molar-refractivity contribution >= 4 is 18.4 Å². The molecule has 0 saturated heterocycles. The molecular weight excluding hydrogens is 164 g/mol. The van der Waals surface area contributed by atoms with E-state index in [1.165, 1.54) is 0 Å². The van der Waals surface area contributed by atoms with Crippen molar-refractivity contribution in [3.8, 4) is 0 Å². The monoisotopic (exact) mass is 180 g/mol. The molecule has 0 aliphatic carbocycles. The molecule has 0 saturated carbocycles. The van der Waals surface area contributed by atoms with Gasteiger partial charge in [-0.1, -0.05) is 0 Å². The van der Waals surface area contributed by atoms with Gasteiger partial charge < -0.3 is 10.2 Å². The number of hydroxylamine groups is 1. The molecule has 4 nitrogen and oxygen atoms in total. The first kappa shape index (κ1) is 8.83. The van der Waals surface area contributed by atoms with Crippen molar-refractivity contribution in [3.05, 3.63) is 0 Å². The van der Waals surface area contributed by atoms with E-state index in [2.05, 4.69) is 10.8 Å². The van der Waals surface area contributed by atoms with Gasteiger partial charge in [-0.3, -0.25) is 4.79 Å². The van der Waals surface area contributed by atoms with Crippen LogP contribution in [0.5, 0.6) is 0 Å². The van der Waals surface area contributed by atoms with Crippen LogP contribution in [-0.4, -0.2) is 33.0 Å². The van der Waals surface area contributed by atoms with Crippen LogP contribution in [0.1, 0.15) is 6.42 Å². The molecule has 2 N–H and O–H groups in total. The highest BCUT2D eigenvalue weighted by Crippen LogP contribution is 2.00. The predicted molar refractivity (Wildman–Crippen MR) is 46.5 cm³/mol. The number of hydrogen-bond donors (Lipinski definition) is 3. The van der Waals surface area contributed by atoms with Crippen LogP contribution in [0.15, 0.2) is 0 Å². The summed E-state index contributed by atoms with van der Waals surface area (Å²) in [6.45, 7) is 0.431. The summed E-state index contributed by atoms with van der Waals surface area (Å²) < 4.78 is 7.01. The van der Waals surface area contributed by atoms with Crippen molar-refractivity contribution in [2.75, 3.05) is 20.7 Å². The smallest absolute Gasteiger partial charge is 0.232 e.